The van der Waals surface area contributed by atoms with E-state index in [-0.39, 0.29) is 12.1 Å². The highest BCUT2D eigenvalue weighted by atomic mass is 16.5. The van der Waals surface area contributed by atoms with Crippen LogP contribution in [0.4, 0.5) is 0 Å². The molecule has 0 aromatic heterocycles. The van der Waals surface area contributed by atoms with Crippen LogP contribution in [0, 0.1) is 5.92 Å². The smallest absolute Gasteiger partial charge is 0.305 e. The van der Waals surface area contributed by atoms with Crippen molar-refractivity contribution in [2.75, 3.05) is 7.11 Å². The van der Waals surface area contributed by atoms with Crippen molar-refractivity contribution in [3.63, 3.8) is 0 Å². The summed E-state index contributed by atoms with van der Waals surface area (Å²) in [5, 5.41) is 9.18. The Labute approximate surface area is 80.1 Å². The Morgan fingerprint density at radius 1 is 1.38 bits per heavy atom. The van der Waals surface area contributed by atoms with Crippen molar-refractivity contribution in [2.24, 2.45) is 5.92 Å². The molecule has 3 nitrogen and oxygen atoms in total. The van der Waals surface area contributed by atoms with Crippen LogP contribution in [0.25, 0.3) is 0 Å². The molecule has 1 N–H and O–H groups in total. The van der Waals surface area contributed by atoms with Gasteiger partial charge in [-0.3, -0.25) is 4.79 Å². The lowest BCUT2D eigenvalue weighted by molar-refractivity contribution is -0.140. The SMILES string of the molecule is COC(=O)CCCCC(C)C(C)O. The summed E-state index contributed by atoms with van der Waals surface area (Å²) >= 11 is 0. The van der Waals surface area contributed by atoms with E-state index in [2.05, 4.69) is 4.74 Å². The Kier molecular flexibility index (Phi) is 6.59. The maximum atomic E-state index is 10.7. The molecule has 0 radical (unpaired) electrons. The molecule has 0 heterocycles. The van der Waals surface area contributed by atoms with E-state index in [0.717, 1.165) is 19.3 Å². The Morgan fingerprint density at radius 3 is 2.46 bits per heavy atom. The van der Waals surface area contributed by atoms with E-state index >= 15 is 0 Å². The summed E-state index contributed by atoms with van der Waals surface area (Å²) in [6, 6.07) is 0. The normalized spacial score (nSPS) is 15.1. The minimum atomic E-state index is -0.252. The number of carbonyl (C=O) groups excluding carboxylic acids is 1. The van der Waals surface area contributed by atoms with Crippen molar-refractivity contribution in [1.29, 1.82) is 0 Å². The molecule has 0 aliphatic rings. The van der Waals surface area contributed by atoms with Crippen LogP contribution in [-0.4, -0.2) is 24.3 Å². The second kappa shape index (κ2) is 6.89. The van der Waals surface area contributed by atoms with Gasteiger partial charge in [-0.25, -0.2) is 0 Å². The van der Waals surface area contributed by atoms with Crippen molar-refractivity contribution < 1.29 is 14.6 Å². The number of aliphatic hydroxyl groups is 1. The molecular weight excluding hydrogens is 168 g/mol. The van der Waals surface area contributed by atoms with Crippen molar-refractivity contribution in [3.8, 4) is 0 Å². The molecule has 3 heteroatoms. The summed E-state index contributed by atoms with van der Waals surface area (Å²) in [5.41, 5.74) is 0. The van der Waals surface area contributed by atoms with Crippen LogP contribution >= 0.6 is 0 Å². The van der Waals surface area contributed by atoms with E-state index < -0.39 is 0 Å². The van der Waals surface area contributed by atoms with Gasteiger partial charge in [0.1, 0.15) is 0 Å². The standard InChI is InChI=1S/C10H20O3/c1-8(9(2)11)6-4-5-7-10(12)13-3/h8-9,11H,4-7H2,1-3H3. The van der Waals surface area contributed by atoms with E-state index in [1.165, 1.54) is 7.11 Å². The molecule has 0 fully saturated rings. The molecule has 13 heavy (non-hydrogen) atoms. The topological polar surface area (TPSA) is 46.5 Å². The van der Waals surface area contributed by atoms with Gasteiger partial charge in [-0.2, -0.15) is 0 Å². The molecule has 0 rings (SSSR count). The van der Waals surface area contributed by atoms with Crippen LogP contribution in [-0.2, 0) is 9.53 Å². The molecule has 0 aliphatic heterocycles. The monoisotopic (exact) mass is 188 g/mol. The number of rotatable bonds is 6. The highest BCUT2D eigenvalue weighted by Gasteiger charge is 2.08. The van der Waals surface area contributed by atoms with Gasteiger partial charge in [-0.15, -0.1) is 0 Å². The molecule has 0 aliphatic carbocycles. The van der Waals surface area contributed by atoms with Crippen LogP contribution in [0.5, 0.6) is 0 Å². The summed E-state index contributed by atoms with van der Waals surface area (Å²) in [6.07, 6.45) is 3.03. The highest BCUT2D eigenvalue weighted by Crippen LogP contribution is 2.12. The zero-order chi connectivity index (χ0) is 10.3. The molecule has 0 aromatic rings. The molecular formula is C10H20O3. The molecule has 0 spiro atoms. The van der Waals surface area contributed by atoms with Gasteiger partial charge in [0.2, 0.25) is 0 Å². The first-order chi connectivity index (χ1) is 6.07. The van der Waals surface area contributed by atoms with E-state index in [1.54, 1.807) is 6.92 Å². The third kappa shape index (κ3) is 6.58. The average Bonchev–Trinajstić information content (AvgIpc) is 2.11. The predicted molar refractivity (Wildman–Crippen MR) is 51.3 cm³/mol. The van der Waals surface area contributed by atoms with E-state index in [9.17, 15) is 9.90 Å². The molecule has 78 valence electrons. The van der Waals surface area contributed by atoms with E-state index in [4.69, 9.17) is 0 Å². The summed E-state index contributed by atoms with van der Waals surface area (Å²) in [7, 11) is 1.40. The second-order valence-electron chi connectivity index (χ2n) is 3.54. The van der Waals surface area contributed by atoms with Crippen LogP contribution in [0.2, 0.25) is 0 Å². The van der Waals surface area contributed by atoms with Gasteiger partial charge in [0, 0.05) is 6.42 Å². The van der Waals surface area contributed by atoms with Gasteiger partial charge in [0.05, 0.1) is 13.2 Å². The number of esters is 1. The van der Waals surface area contributed by atoms with Gasteiger partial charge in [-0.05, 0) is 25.7 Å². The number of unbranched alkanes of at least 4 members (excludes halogenated alkanes) is 1. The Balaban J connectivity index is 3.30. The first-order valence-electron chi connectivity index (χ1n) is 4.82. The maximum Gasteiger partial charge on any atom is 0.305 e. The van der Waals surface area contributed by atoms with Crippen LogP contribution < -0.4 is 0 Å². The van der Waals surface area contributed by atoms with Gasteiger partial charge in [-0.1, -0.05) is 13.3 Å². The zero-order valence-electron chi connectivity index (χ0n) is 8.75. The first kappa shape index (κ1) is 12.4. The number of hydrogen-bond acceptors (Lipinski definition) is 3. The Hall–Kier alpha value is -0.570. The number of carbonyl (C=O) groups is 1. The average molecular weight is 188 g/mol. The third-order valence-electron chi connectivity index (χ3n) is 2.34. The van der Waals surface area contributed by atoms with Gasteiger partial charge >= 0.3 is 5.97 Å². The molecule has 0 aromatic carbocycles. The summed E-state index contributed by atoms with van der Waals surface area (Å²) in [5.74, 6) is 0.169. The fourth-order valence-electron chi connectivity index (χ4n) is 1.08. The lowest BCUT2D eigenvalue weighted by Crippen LogP contribution is -2.12. The molecule has 2 atom stereocenters. The minimum absolute atomic E-state index is 0.148. The third-order valence-corrected chi connectivity index (χ3v) is 2.34. The van der Waals surface area contributed by atoms with Crippen LogP contribution in [0.15, 0.2) is 0 Å². The van der Waals surface area contributed by atoms with Gasteiger partial charge in [0.15, 0.2) is 0 Å². The number of aliphatic hydroxyl groups excluding tert-OH is 1. The number of methoxy groups -OCH3 is 1. The van der Waals surface area contributed by atoms with Crippen molar-refractivity contribution in [2.45, 2.75) is 45.6 Å². The van der Waals surface area contributed by atoms with Crippen LogP contribution in [0.3, 0.4) is 0 Å². The van der Waals surface area contributed by atoms with Crippen molar-refractivity contribution >= 4 is 5.97 Å². The molecule has 0 bridgehead atoms. The quantitative estimate of drug-likeness (QED) is 0.510. The molecule has 0 saturated heterocycles. The summed E-state index contributed by atoms with van der Waals surface area (Å²) < 4.78 is 4.52. The molecule has 2 unspecified atom stereocenters. The second-order valence-corrected chi connectivity index (χ2v) is 3.54. The molecule has 0 amide bonds. The Bertz CT molecular complexity index is 143. The number of hydrogen-bond donors (Lipinski definition) is 1. The first-order valence-corrected chi connectivity index (χ1v) is 4.82. The maximum absolute atomic E-state index is 10.7. The fraction of sp³-hybridized carbons (Fsp3) is 0.900. The Morgan fingerprint density at radius 2 is 2.00 bits per heavy atom. The summed E-state index contributed by atoms with van der Waals surface area (Å²) in [6.45, 7) is 3.81. The molecule has 0 saturated carbocycles. The van der Waals surface area contributed by atoms with Crippen molar-refractivity contribution in [1.82, 2.24) is 0 Å². The highest BCUT2D eigenvalue weighted by molar-refractivity contribution is 5.68. The van der Waals surface area contributed by atoms with Gasteiger partial charge < -0.3 is 9.84 Å². The van der Waals surface area contributed by atoms with Crippen molar-refractivity contribution in [3.05, 3.63) is 0 Å². The zero-order valence-corrected chi connectivity index (χ0v) is 8.75. The van der Waals surface area contributed by atoms with E-state index in [1.807, 2.05) is 6.92 Å². The van der Waals surface area contributed by atoms with Crippen LogP contribution in [0.1, 0.15) is 39.5 Å². The minimum Gasteiger partial charge on any atom is -0.469 e. The van der Waals surface area contributed by atoms with E-state index in [0.29, 0.717) is 12.3 Å². The lowest BCUT2D eigenvalue weighted by Gasteiger charge is -2.13. The predicted octanol–water partition coefficient (Wildman–Crippen LogP) is 1.74. The van der Waals surface area contributed by atoms with Gasteiger partial charge in [0.25, 0.3) is 0 Å². The largest absolute Gasteiger partial charge is 0.469 e. The summed E-state index contributed by atoms with van der Waals surface area (Å²) in [4.78, 5) is 10.7. The number of ether oxygens (including phenoxy) is 1. The lowest BCUT2D eigenvalue weighted by atomic mass is 9.99. The fourth-order valence-corrected chi connectivity index (χ4v) is 1.08.